The summed E-state index contributed by atoms with van der Waals surface area (Å²) < 4.78 is 16.9. The highest BCUT2D eigenvalue weighted by atomic mass is 16.6. The van der Waals surface area contributed by atoms with Crippen LogP contribution >= 0.6 is 0 Å². The molecule has 0 fully saturated rings. The van der Waals surface area contributed by atoms with Gasteiger partial charge in [0, 0.05) is 19.3 Å². The molecule has 0 saturated carbocycles. The molecule has 0 bridgehead atoms. The van der Waals surface area contributed by atoms with E-state index in [0.717, 1.165) is 109 Å². The molecule has 0 aliphatic carbocycles. The first-order chi connectivity index (χ1) is 39.0. The first-order valence-corrected chi connectivity index (χ1v) is 34.1. The van der Waals surface area contributed by atoms with Crippen LogP contribution in [0.15, 0.2) is 85.1 Å². The van der Waals surface area contributed by atoms with Crippen molar-refractivity contribution in [2.75, 3.05) is 13.2 Å². The molecule has 0 aliphatic rings. The fraction of sp³-hybridized carbons (Fsp3) is 0.767. The number of carbonyl (C=O) groups is 3. The summed E-state index contributed by atoms with van der Waals surface area (Å²) in [4.78, 5) is 38.2. The van der Waals surface area contributed by atoms with Crippen molar-refractivity contribution in [1.82, 2.24) is 0 Å². The van der Waals surface area contributed by atoms with Crippen LogP contribution in [-0.4, -0.2) is 37.2 Å². The zero-order valence-electron chi connectivity index (χ0n) is 52.4. The second-order valence-corrected chi connectivity index (χ2v) is 22.7. The van der Waals surface area contributed by atoms with Crippen molar-refractivity contribution in [1.29, 1.82) is 0 Å². The average Bonchev–Trinajstić information content (AvgIpc) is 3.45. The molecule has 0 aromatic rings. The smallest absolute Gasteiger partial charge is 0.306 e. The van der Waals surface area contributed by atoms with Crippen molar-refractivity contribution < 1.29 is 28.6 Å². The van der Waals surface area contributed by atoms with Gasteiger partial charge in [-0.25, -0.2) is 0 Å². The fourth-order valence-electron chi connectivity index (χ4n) is 9.76. The monoisotopic (exact) mass is 1100 g/mol. The molecule has 0 saturated heterocycles. The van der Waals surface area contributed by atoms with Gasteiger partial charge in [0.1, 0.15) is 13.2 Å². The second-order valence-electron chi connectivity index (χ2n) is 22.7. The van der Waals surface area contributed by atoms with Gasteiger partial charge in [-0.05, 0) is 116 Å². The summed E-state index contributed by atoms with van der Waals surface area (Å²) in [5.41, 5.74) is 0. The largest absolute Gasteiger partial charge is 0.462 e. The normalized spacial score (nSPS) is 12.6. The van der Waals surface area contributed by atoms with Crippen LogP contribution in [0, 0.1) is 0 Å². The van der Waals surface area contributed by atoms with Crippen LogP contribution < -0.4 is 0 Å². The molecule has 6 heteroatoms. The van der Waals surface area contributed by atoms with Crippen LogP contribution in [0.2, 0.25) is 0 Å². The van der Waals surface area contributed by atoms with Gasteiger partial charge >= 0.3 is 17.9 Å². The minimum atomic E-state index is -0.781. The Kier molecular flexibility index (Phi) is 64.2. The molecule has 0 radical (unpaired) electrons. The summed E-state index contributed by atoms with van der Waals surface area (Å²) in [6.07, 6.45) is 89.1. The van der Waals surface area contributed by atoms with E-state index in [4.69, 9.17) is 14.2 Å². The van der Waals surface area contributed by atoms with E-state index in [0.29, 0.717) is 19.3 Å². The van der Waals surface area contributed by atoms with Crippen LogP contribution in [0.4, 0.5) is 0 Å². The Morgan fingerprint density at radius 2 is 0.494 bits per heavy atom. The van der Waals surface area contributed by atoms with E-state index in [2.05, 4.69) is 106 Å². The zero-order valence-corrected chi connectivity index (χ0v) is 52.4. The van der Waals surface area contributed by atoms with E-state index in [1.807, 2.05) is 0 Å². The molecular weight excluding hydrogens is 973 g/mol. The number of esters is 3. The molecule has 6 nitrogen and oxygen atoms in total. The van der Waals surface area contributed by atoms with Gasteiger partial charge in [0.25, 0.3) is 0 Å². The summed E-state index contributed by atoms with van der Waals surface area (Å²) in [6, 6.07) is 0. The highest BCUT2D eigenvalue weighted by Gasteiger charge is 2.19. The fourth-order valence-corrected chi connectivity index (χ4v) is 9.76. The Morgan fingerprint density at radius 1 is 0.266 bits per heavy atom. The number of hydrogen-bond acceptors (Lipinski definition) is 6. The van der Waals surface area contributed by atoms with E-state index in [1.54, 1.807) is 0 Å². The van der Waals surface area contributed by atoms with Gasteiger partial charge in [-0.1, -0.05) is 292 Å². The van der Waals surface area contributed by atoms with E-state index >= 15 is 0 Å². The van der Waals surface area contributed by atoms with Crippen molar-refractivity contribution in [3.05, 3.63) is 85.1 Å². The van der Waals surface area contributed by atoms with Crippen molar-refractivity contribution >= 4 is 17.9 Å². The highest BCUT2D eigenvalue weighted by molar-refractivity contribution is 5.71. The maximum atomic E-state index is 12.9. The first-order valence-electron chi connectivity index (χ1n) is 34.1. The third-order valence-corrected chi connectivity index (χ3v) is 14.9. The quantitative estimate of drug-likeness (QED) is 0.0261. The maximum absolute atomic E-state index is 12.9. The molecule has 0 N–H and O–H groups in total. The number of allylic oxidation sites excluding steroid dienone is 14. The lowest BCUT2D eigenvalue weighted by molar-refractivity contribution is -0.167. The highest BCUT2D eigenvalue weighted by Crippen LogP contribution is 2.17. The van der Waals surface area contributed by atoms with Gasteiger partial charge in [0.05, 0.1) is 0 Å². The SMILES string of the molecule is CC/C=C\C/C=C\C/C=C\C/C=C\C/C=C\CCCCCCCCCCCCCCCCCCCCCC(=O)OCC(COC(=O)CCCCCCC/C=C\CCCCC)OC(=O)CCCCCCC/C=C\CCCCCCC. The number of rotatable bonds is 62. The van der Waals surface area contributed by atoms with Crippen LogP contribution in [0.1, 0.15) is 342 Å². The molecular formula is C73H128O6. The van der Waals surface area contributed by atoms with Crippen molar-refractivity contribution in [2.24, 2.45) is 0 Å². The van der Waals surface area contributed by atoms with E-state index < -0.39 is 6.10 Å². The van der Waals surface area contributed by atoms with Gasteiger partial charge < -0.3 is 14.2 Å². The summed E-state index contributed by atoms with van der Waals surface area (Å²) in [6.45, 7) is 6.51. The number of ether oxygens (including phenoxy) is 3. The molecule has 1 unspecified atom stereocenters. The summed E-state index contributed by atoms with van der Waals surface area (Å²) in [5, 5.41) is 0. The van der Waals surface area contributed by atoms with Crippen LogP contribution in [-0.2, 0) is 28.6 Å². The molecule has 79 heavy (non-hydrogen) atoms. The van der Waals surface area contributed by atoms with Crippen LogP contribution in [0.25, 0.3) is 0 Å². The Labute approximate surface area is 490 Å². The number of unbranched alkanes of at least 4 members (excludes halogenated alkanes) is 37. The summed E-state index contributed by atoms with van der Waals surface area (Å²) in [7, 11) is 0. The second kappa shape index (κ2) is 67.1. The van der Waals surface area contributed by atoms with Gasteiger partial charge in [0.2, 0.25) is 0 Å². The Balaban J connectivity index is 4.08. The molecule has 0 rings (SSSR count). The predicted octanol–water partition coefficient (Wildman–Crippen LogP) is 23.4. The lowest BCUT2D eigenvalue weighted by atomic mass is 10.0. The van der Waals surface area contributed by atoms with Crippen LogP contribution in [0.5, 0.6) is 0 Å². The van der Waals surface area contributed by atoms with Crippen molar-refractivity contribution in [3.8, 4) is 0 Å². The molecule has 0 spiro atoms. The van der Waals surface area contributed by atoms with Gasteiger partial charge in [-0.3, -0.25) is 14.4 Å². The predicted molar refractivity (Wildman–Crippen MR) is 344 cm³/mol. The van der Waals surface area contributed by atoms with Gasteiger partial charge in [-0.15, -0.1) is 0 Å². The molecule has 0 amide bonds. The first kappa shape index (κ1) is 75.6. The van der Waals surface area contributed by atoms with Gasteiger partial charge in [-0.2, -0.15) is 0 Å². The third kappa shape index (κ3) is 65.3. The maximum Gasteiger partial charge on any atom is 0.306 e. The average molecular weight is 1100 g/mol. The molecule has 1 atom stereocenters. The standard InChI is InChI=1S/C73H128O6/c1-4-7-10-13-16-19-22-25-27-28-29-30-31-32-33-34-35-36-37-38-39-40-41-42-43-44-45-46-47-49-51-54-57-60-63-66-72(75)78-69-70(68-77-71(74)65-62-59-56-53-50-24-21-18-15-12-9-6-3)79-73(76)67-64-61-58-55-52-48-26-23-20-17-14-11-8-5-2/h7,10,16,18-19,21,23,25-27,29-30,32-33,70H,4-6,8-9,11-15,17,20,22,24,28,31,34-69H2,1-3H3/b10-7-,19-16-,21-18-,26-23-,27-25-,30-29-,33-32-. The topological polar surface area (TPSA) is 78.9 Å². The minimum Gasteiger partial charge on any atom is -0.462 e. The van der Waals surface area contributed by atoms with Crippen molar-refractivity contribution in [2.45, 2.75) is 348 Å². The van der Waals surface area contributed by atoms with E-state index in [9.17, 15) is 14.4 Å². The van der Waals surface area contributed by atoms with E-state index in [1.165, 1.54) is 193 Å². The summed E-state index contributed by atoms with van der Waals surface area (Å²) in [5.74, 6) is -0.881. The molecule has 0 aromatic heterocycles. The Hall–Kier alpha value is -3.41. The van der Waals surface area contributed by atoms with Gasteiger partial charge in [0.15, 0.2) is 6.10 Å². The molecule has 0 aliphatic heterocycles. The van der Waals surface area contributed by atoms with Crippen LogP contribution in [0.3, 0.4) is 0 Å². The Morgan fingerprint density at radius 3 is 0.810 bits per heavy atom. The minimum absolute atomic E-state index is 0.0779. The lowest BCUT2D eigenvalue weighted by Gasteiger charge is -2.18. The van der Waals surface area contributed by atoms with E-state index in [-0.39, 0.29) is 31.1 Å². The molecule has 456 valence electrons. The number of hydrogen-bond donors (Lipinski definition) is 0. The lowest BCUT2D eigenvalue weighted by Crippen LogP contribution is -2.30. The molecule has 0 heterocycles. The third-order valence-electron chi connectivity index (χ3n) is 14.9. The molecule has 0 aromatic carbocycles. The van der Waals surface area contributed by atoms with Crippen molar-refractivity contribution in [3.63, 3.8) is 0 Å². The summed E-state index contributed by atoms with van der Waals surface area (Å²) >= 11 is 0. The zero-order chi connectivity index (χ0) is 57.1. The Bertz CT molecular complexity index is 1500. The number of carbonyl (C=O) groups excluding carboxylic acids is 3.